The van der Waals surface area contributed by atoms with Gasteiger partial charge in [-0.25, -0.2) is 8.42 Å². The molecule has 6 nitrogen and oxygen atoms in total. The van der Waals surface area contributed by atoms with Gasteiger partial charge in [0, 0.05) is 18.0 Å². The second-order valence-corrected chi connectivity index (χ2v) is 9.51. The minimum atomic E-state index is -4.64. The Morgan fingerprint density at radius 3 is 2.13 bits per heavy atom. The molecule has 0 unspecified atom stereocenters. The smallest absolute Gasteiger partial charge is 0.368 e. The van der Waals surface area contributed by atoms with Gasteiger partial charge in [-0.1, -0.05) is 38.1 Å². The van der Waals surface area contributed by atoms with Crippen LogP contribution in [0.5, 0.6) is 0 Å². The van der Waals surface area contributed by atoms with E-state index in [0.717, 1.165) is 6.26 Å². The summed E-state index contributed by atoms with van der Waals surface area (Å²) in [5.74, 6) is -0.864. The topological polar surface area (TPSA) is 102 Å². The van der Waals surface area contributed by atoms with Gasteiger partial charge in [0.05, 0.1) is 16.6 Å². The third kappa shape index (κ3) is 6.27. The van der Waals surface area contributed by atoms with E-state index >= 15 is 0 Å². The molecule has 0 fully saturated rings. The average Bonchev–Trinajstić information content (AvgIpc) is 2.63. The summed E-state index contributed by atoms with van der Waals surface area (Å²) < 4.78 is 64.0. The average molecular weight is 443 g/mol. The van der Waals surface area contributed by atoms with Gasteiger partial charge in [-0.2, -0.15) is 13.2 Å². The third-order valence-electron chi connectivity index (χ3n) is 4.45. The maximum Gasteiger partial charge on any atom is 0.407 e. The zero-order valence-corrected chi connectivity index (χ0v) is 17.6. The first kappa shape index (κ1) is 23.8. The molecule has 30 heavy (non-hydrogen) atoms. The first-order valence-corrected chi connectivity index (χ1v) is 11.1. The number of alkyl halides is 3. The van der Waals surface area contributed by atoms with Crippen LogP contribution in [0.4, 0.5) is 13.2 Å². The molecule has 0 aliphatic carbocycles. The minimum Gasteiger partial charge on any atom is -0.368 e. The zero-order chi connectivity index (χ0) is 22.7. The lowest BCUT2D eigenvalue weighted by atomic mass is 9.98. The summed E-state index contributed by atoms with van der Waals surface area (Å²) >= 11 is 0. The summed E-state index contributed by atoms with van der Waals surface area (Å²) in [6.07, 6.45) is -2.21. The number of rotatable bonds is 8. The maximum absolute atomic E-state index is 13.7. The molecule has 10 heteroatoms. The van der Waals surface area contributed by atoms with Crippen molar-refractivity contribution in [1.82, 2.24) is 10.3 Å². The first-order chi connectivity index (χ1) is 13.8. The van der Waals surface area contributed by atoms with Gasteiger partial charge in [-0.3, -0.25) is 15.1 Å². The Hall–Kier alpha value is -2.46. The molecule has 2 atom stereocenters. The van der Waals surface area contributed by atoms with Crippen LogP contribution in [0, 0.1) is 5.92 Å². The summed E-state index contributed by atoms with van der Waals surface area (Å²) in [6.45, 7) is 3.58. The third-order valence-corrected chi connectivity index (χ3v) is 5.55. The molecule has 0 aliphatic rings. The van der Waals surface area contributed by atoms with Crippen molar-refractivity contribution in [2.24, 2.45) is 11.7 Å². The van der Waals surface area contributed by atoms with Crippen LogP contribution in [0.25, 0.3) is 11.3 Å². The van der Waals surface area contributed by atoms with Gasteiger partial charge in [-0.15, -0.1) is 0 Å². The van der Waals surface area contributed by atoms with Crippen molar-refractivity contribution in [3.63, 3.8) is 0 Å². The highest BCUT2D eigenvalue weighted by atomic mass is 32.2. The van der Waals surface area contributed by atoms with Crippen LogP contribution >= 0.6 is 0 Å². The Bertz CT molecular complexity index is 973. The molecular weight excluding hydrogens is 419 g/mol. The first-order valence-electron chi connectivity index (χ1n) is 9.17. The number of hydrogen-bond acceptors (Lipinski definition) is 5. The Morgan fingerprint density at radius 2 is 1.73 bits per heavy atom. The second kappa shape index (κ2) is 9.13. The molecule has 0 bridgehead atoms. The fourth-order valence-corrected chi connectivity index (χ4v) is 3.49. The van der Waals surface area contributed by atoms with Crippen molar-refractivity contribution < 1.29 is 26.4 Å². The largest absolute Gasteiger partial charge is 0.407 e. The van der Waals surface area contributed by atoms with E-state index in [9.17, 15) is 26.4 Å². The number of nitrogens with zero attached hydrogens (tertiary/aromatic N) is 1. The van der Waals surface area contributed by atoms with E-state index in [0.29, 0.717) is 11.3 Å². The van der Waals surface area contributed by atoms with Crippen LogP contribution in [0.1, 0.15) is 31.9 Å². The van der Waals surface area contributed by atoms with Gasteiger partial charge in [-0.05, 0) is 30.0 Å². The predicted molar refractivity (Wildman–Crippen MR) is 107 cm³/mol. The Labute approximate surface area is 173 Å². The maximum atomic E-state index is 13.7. The highest BCUT2D eigenvalue weighted by molar-refractivity contribution is 7.90. The quantitative estimate of drug-likeness (QED) is 0.652. The highest BCUT2D eigenvalue weighted by Gasteiger charge is 2.42. The van der Waals surface area contributed by atoms with Crippen LogP contribution in [-0.2, 0) is 14.6 Å². The molecule has 0 spiro atoms. The Morgan fingerprint density at radius 1 is 1.13 bits per heavy atom. The van der Waals surface area contributed by atoms with Crippen molar-refractivity contribution in [3.8, 4) is 11.3 Å². The van der Waals surface area contributed by atoms with Crippen LogP contribution < -0.4 is 11.1 Å². The number of nitrogens with two attached hydrogens (primary N) is 1. The number of nitrogens with one attached hydrogen (secondary N) is 1. The number of carbonyl (C=O) groups is 1. The SMILES string of the molecule is CC(C)C[C@H](N[C@@H](c1ccc(-c2ccc(S(C)(=O)=O)cn2)cc1)C(F)(F)F)C(N)=O. The Kier molecular flexibility index (Phi) is 7.25. The molecule has 0 saturated carbocycles. The number of benzene rings is 1. The zero-order valence-electron chi connectivity index (χ0n) is 16.8. The molecule has 164 valence electrons. The lowest BCUT2D eigenvalue weighted by molar-refractivity contribution is -0.160. The standard InChI is InChI=1S/C20H24F3N3O3S/c1-12(2)10-17(19(24)27)26-18(20(21,22)23)14-6-4-13(5-7-14)16-9-8-15(11-25-16)30(3,28)29/h4-9,11-12,17-18,26H,10H2,1-3H3,(H2,24,27)/t17-,18-/m0/s1. The molecule has 1 aromatic heterocycles. The van der Waals surface area contributed by atoms with E-state index in [1.165, 1.54) is 42.6 Å². The van der Waals surface area contributed by atoms with Crippen LogP contribution in [0.3, 0.4) is 0 Å². The van der Waals surface area contributed by atoms with Gasteiger partial charge >= 0.3 is 6.18 Å². The normalized spacial score (nSPS) is 14.5. The van der Waals surface area contributed by atoms with E-state index in [1.54, 1.807) is 13.8 Å². The molecule has 3 N–H and O–H groups in total. The molecule has 1 amide bonds. The van der Waals surface area contributed by atoms with Crippen molar-refractivity contribution in [2.45, 2.75) is 43.4 Å². The molecule has 0 radical (unpaired) electrons. The second-order valence-electron chi connectivity index (χ2n) is 7.50. The molecule has 0 aliphatic heterocycles. The van der Waals surface area contributed by atoms with Gasteiger partial charge in [0.1, 0.15) is 6.04 Å². The van der Waals surface area contributed by atoms with Crippen LogP contribution in [0.15, 0.2) is 47.5 Å². The van der Waals surface area contributed by atoms with E-state index in [1.807, 2.05) is 0 Å². The molecule has 1 heterocycles. The highest BCUT2D eigenvalue weighted by Crippen LogP contribution is 2.34. The molecular formula is C20H24F3N3O3S. The lowest BCUT2D eigenvalue weighted by Crippen LogP contribution is -2.47. The number of aromatic nitrogens is 1. The van der Waals surface area contributed by atoms with Crippen LogP contribution in [-0.4, -0.2) is 37.8 Å². The number of hydrogen-bond donors (Lipinski definition) is 2. The van der Waals surface area contributed by atoms with Crippen molar-refractivity contribution in [2.75, 3.05) is 6.26 Å². The minimum absolute atomic E-state index is 0.0211. The fourth-order valence-electron chi connectivity index (χ4n) is 2.94. The van der Waals surface area contributed by atoms with E-state index in [2.05, 4.69) is 10.3 Å². The van der Waals surface area contributed by atoms with Gasteiger partial charge < -0.3 is 5.73 Å². The molecule has 0 saturated heterocycles. The van der Waals surface area contributed by atoms with Crippen molar-refractivity contribution >= 4 is 15.7 Å². The number of carbonyl (C=O) groups excluding carboxylic acids is 1. The number of amides is 1. The summed E-state index contributed by atoms with van der Waals surface area (Å²) in [5, 5.41) is 2.34. The van der Waals surface area contributed by atoms with Crippen LogP contribution in [0.2, 0.25) is 0 Å². The van der Waals surface area contributed by atoms with Gasteiger partial charge in [0.25, 0.3) is 0 Å². The molecule has 1 aromatic carbocycles. The van der Waals surface area contributed by atoms with Crippen molar-refractivity contribution in [1.29, 1.82) is 0 Å². The van der Waals surface area contributed by atoms with E-state index in [-0.39, 0.29) is 22.8 Å². The number of halogens is 3. The molecule has 2 rings (SSSR count). The monoisotopic (exact) mass is 443 g/mol. The predicted octanol–water partition coefficient (Wildman–Crippen LogP) is 3.25. The van der Waals surface area contributed by atoms with Crippen molar-refractivity contribution in [3.05, 3.63) is 48.2 Å². The van der Waals surface area contributed by atoms with E-state index in [4.69, 9.17) is 5.73 Å². The lowest BCUT2D eigenvalue weighted by Gasteiger charge is -2.27. The van der Waals surface area contributed by atoms with E-state index < -0.39 is 34.0 Å². The summed E-state index contributed by atoms with van der Waals surface area (Å²) in [7, 11) is -3.40. The summed E-state index contributed by atoms with van der Waals surface area (Å²) in [5.41, 5.74) is 6.14. The number of sulfone groups is 1. The van der Waals surface area contributed by atoms with Gasteiger partial charge in [0.15, 0.2) is 9.84 Å². The summed E-state index contributed by atoms with van der Waals surface area (Å²) in [6, 6.07) is 5.18. The summed E-state index contributed by atoms with van der Waals surface area (Å²) in [4.78, 5) is 15.7. The number of primary amides is 1. The molecule has 2 aromatic rings. The Balaban J connectivity index is 2.30. The fraction of sp³-hybridized carbons (Fsp3) is 0.400. The number of pyridine rings is 1. The van der Waals surface area contributed by atoms with Gasteiger partial charge in [0.2, 0.25) is 5.91 Å².